The average Bonchev–Trinajstić information content (AvgIpc) is 2.70. The summed E-state index contributed by atoms with van der Waals surface area (Å²) in [5, 5.41) is 12.8. The van der Waals surface area contributed by atoms with Crippen molar-refractivity contribution in [2.24, 2.45) is 5.41 Å². The van der Waals surface area contributed by atoms with Gasteiger partial charge in [-0.05, 0) is 50.6 Å². The monoisotopic (exact) mass is 268 g/mol. The number of likely N-dealkylation sites (tertiary alicyclic amines) is 1. The van der Waals surface area contributed by atoms with Gasteiger partial charge in [0.1, 0.15) is 5.54 Å². The third-order valence-electron chi connectivity index (χ3n) is 4.87. The van der Waals surface area contributed by atoms with Crippen LogP contribution in [0.3, 0.4) is 0 Å². The van der Waals surface area contributed by atoms with Crippen LogP contribution in [-0.4, -0.2) is 47.2 Å². The Hall–Kier alpha value is -0.610. The molecule has 1 saturated heterocycles. The second-order valence-corrected chi connectivity index (χ2v) is 7.05. The van der Waals surface area contributed by atoms with E-state index < -0.39 is 11.5 Å². The highest BCUT2D eigenvalue weighted by Crippen LogP contribution is 2.37. The van der Waals surface area contributed by atoms with Crippen LogP contribution < -0.4 is 5.32 Å². The Kier molecular flexibility index (Phi) is 4.21. The van der Waals surface area contributed by atoms with Gasteiger partial charge >= 0.3 is 5.97 Å². The van der Waals surface area contributed by atoms with Crippen molar-refractivity contribution in [2.75, 3.05) is 19.6 Å². The second kappa shape index (κ2) is 5.41. The number of nitrogens with one attached hydrogen (secondary N) is 1. The molecule has 2 atom stereocenters. The molecule has 0 amide bonds. The zero-order valence-electron chi connectivity index (χ0n) is 12.5. The van der Waals surface area contributed by atoms with Gasteiger partial charge in [-0.25, -0.2) is 0 Å². The molecule has 110 valence electrons. The van der Waals surface area contributed by atoms with Crippen LogP contribution in [0.1, 0.15) is 52.9 Å². The Labute approximate surface area is 116 Å². The summed E-state index contributed by atoms with van der Waals surface area (Å²) in [6, 6.07) is 0.436. The SMILES string of the molecule is CCNC1(C(=O)O)CCCC(N2CCC(C)(C)C2)C1. The maximum absolute atomic E-state index is 11.7. The van der Waals surface area contributed by atoms with E-state index >= 15 is 0 Å². The van der Waals surface area contributed by atoms with Crippen molar-refractivity contribution >= 4 is 5.97 Å². The van der Waals surface area contributed by atoms with Gasteiger partial charge in [0.05, 0.1) is 0 Å². The van der Waals surface area contributed by atoms with Crippen LogP contribution in [0.25, 0.3) is 0 Å². The summed E-state index contributed by atoms with van der Waals surface area (Å²) in [7, 11) is 0. The lowest BCUT2D eigenvalue weighted by Crippen LogP contribution is -2.58. The van der Waals surface area contributed by atoms with Crippen molar-refractivity contribution in [3.05, 3.63) is 0 Å². The molecule has 2 aliphatic rings. The van der Waals surface area contributed by atoms with Crippen molar-refractivity contribution in [3.63, 3.8) is 0 Å². The lowest BCUT2D eigenvalue weighted by atomic mass is 9.78. The van der Waals surface area contributed by atoms with Gasteiger partial charge in [0.25, 0.3) is 0 Å². The van der Waals surface area contributed by atoms with E-state index in [1.165, 1.54) is 6.42 Å². The van der Waals surface area contributed by atoms with Gasteiger partial charge in [0.2, 0.25) is 0 Å². The molecule has 4 nitrogen and oxygen atoms in total. The first-order valence-electron chi connectivity index (χ1n) is 7.61. The highest BCUT2D eigenvalue weighted by atomic mass is 16.4. The number of aliphatic carboxylic acids is 1. The molecule has 0 radical (unpaired) electrons. The van der Waals surface area contributed by atoms with Crippen LogP contribution in [0.4, 0.5) is 0 Å². The predicted molar refractivity (Wildman–Crippen MR) is 76.3 cm³/mol. The molecule has 0 aromatic heterocycles. The Morgan fingerprint density at radius 1 is 1.42 bits per heavy atom. The molecule has 19 heavy (non-hydrogen) atoms. The second-order valence-electron chi connectivity index (χ2n) is 7.05. The molecule has 0 aromatic rings. The first kappa shape index (κ1) is 14.8. The van der Waals surface area contributed by atoms with Crippen molar-refractivity contribution in [1.82, 2.24) is 10.2 Å². The molecule has 2 unspecified atom stereocenters. The number of rotatable bonds is 4. The molecule has 1 aliphatic carbocycles. The third-order valence-corrected chi connectivity index (χ3v) is 4.87. The molecule has 2 rings (SSSR count). The Morgan fingerprint density at radius 3 is 2.68 bits per heavy atom. The highest BCUT2D eigenvalue weighted by Gasteiger charge is 2.45. The average molecular weight is 268 g/mol. The van der Waals surface area contributed by atoms with E-state index in [1.54, 1.807) is 0 Å². The molecular weight excluding hydrogens is 240 g/mol. The van der Waals surface area contributed by atoms with Crippen molar-refractivity contribution in [3.8, 4) is 0 Å². The van der Waals surface area contributed by atoms with Gasteiger partial charge in [0, 0.05) is 12.6 Å². The van der Waals surface area contributed by atoms with Crippen LogP contribution in [-0.2, 0) is 4.79 Å². The maximum atomic E-state index is 11.7. The third kappa shape index (κ3) is 3.11. The minimum absolute atomic E-state index is 0.390. The Morgan fingerprint density at radius 2 is 2.16 bits per heavy atom. The number of likely N-dealkylation sites (N-methyl/N-ethyl adjacent to an activating group) is 1. The number of hydrogen-bond acceptors (Lipinski definition) is 3. The lowest BCUT2D eigenvalue weighted by molar-refractivity contribution is -0.147. The van der Waals surface area contributed by atoms with Gasteiger partial charge in [-0.15, -0.1) is 0 Å². The number of hydrogen-bond donors (Lipinski definition) is 2. The first-order chi connectivity index (χ1) is 8.88. The summed E-state index contributed by atoms with van der Waals surface area (Å²) >= 11 is 0. The number of nitrogens with zero attached hydrogens (tertiary/aromatic N) is 1. The van der Waals surface area contributed by atoms with Gasteiger partial charge in [-0.3, -0.25) is 9.69 Å². The number of carbonyl (C=O) groups is 1. The van der Waals surface area contributed by atoms with Crippen molar-refractivity contribution in [1.29, 1.82) is 0 Å². The summed E-state index contributed by atoms with van der Waals surface area (Å²) in [5.74, 6) is -0.669. The topological polar surface area (TPSA) is 52.6 Å². The molecular formula is C15H28N2O2. The van der Waals surface area contributed by atoms with E-state index in [0.717, 1.165) is 45.3 Å². The van der Waals surface area contributed by atoms with Gasteiger partial charge < -0.3 is 10.4 Å². The van der Waals surface area contributed by atoms with Gasteiger partial charge in [-0.1, -0.05) is 20.8 Å². The van der Waals surface area contributed by atoms with Crippen LogP contribution in [0.15, 0.2) is 0 Å². The molecule has 0 aromatic carbocycles. The van der Waals surface area contributed by atoms with Crippen molar-refractivity contribution in [2.45, 2.75) is 64.5 Å². The summed E-state index contributed by atoms with van der Waals surface area (Å²) in [6.45, 7) is 9.58. The zero-order valence-corrected chi connectivity index (χ0v) is 12.5. The van der Waals surface area contributed by atoms with E-state index in [4.69, 9.17) is 0 Å². The molecule has 1 saturated carbocycles. The molecule has 2 fully saturated rings. The lowest BCUT2D eigenvalue weighted by Gasteiger charge is -2.42. The summed E-state index contributed by atoms with van der Waals surface area (Å²) in [5.41, 5.74) is -0.300. The summed E-state index contributed by atoms with van der Waals surface area (Å²) in [4.78, 5) is 14.2. The molecule has 1 aliphatic heterocycles. The standard InChI is InChI=1S/C15H28N2O2/c1-4-16-15(13(18)19)7-5-6-12(10-15)17-9-8-14(2,3)11-17/h12,16H,4-11H2,1-3H3,(H,18,19). The number of carboxylic acids is 1. The highest BCUT2D eigenvalue weighted by molar-refractivity contribution is 5.79. The quantitative estimate of drug-likeness (QED) is 0.820. The normalized spacial score (nSPS) is 35.4. The molecule has 1 heterocycles. The van der Waals surface area contributed by atoms with Crippen LogP contribution in [0, 0.1) is 5.41 Å². The predicted octanol–water partition coefficient (Wildman–Crippen LogP) is 2.09. The first-order valence-corrected chi connectivity index (χ1v) is 7.61. The van der Waals surface area contributed by atoms with Crippen LogP contribution in [0.2, 0.25) is 0 Å². The summed E-state index contributed by atoms with van der Waals surface area (Å²) < 4.78 is 0. The summed E-state index contributed by atoms with van der Waals surface area (Å²) in [6.07, 6.45) is 4.92. The van der Waals surface area contributed by atoms with E-state index in [2.05, 4.69) is 24.1 Å². The van der Waals surface area contributed by atoms with E-state index in [1.807, 2.05) is 6.92 Å². The fourth-order valence-electron chi connectivity index (χ4n) is 3.79. The molecule has 0 spiro atoms. The number of carboxylic acid groups (broad SMARTS) is 1. The maximum Gasteiger partial charge on any atom is 0.323 e. The van der Waals surface area contributed by atoms with Gasteiger partial charge in [-0.2, -0.15) is 0 Å². The van der Waals surface area contributed by atoms with E-state index in [-0.39, 0.29) is 0 Å². The Bertz CT molecular complexity index is 339. The molecule has 2 N–H and O–H groups in total. The van der Waals surface area contributed by atoms with E-state index in [9.17, 15) is 9.90 Å². The zero-order chi connectivity index (χ0) is 14.1. The smallest absolute Gasteiger partial charge is 0.323 e. The van der Waals surface area contributed by atoms with Crippen LogP contribution in [0.5, 0.6) is 0 Å². The molecule has 4 heteroatoms. The van der Waals surface area contributed by atoms with E-state index in [0.29, 0.717) is 11.5 Å². The Balaban J connectivity index is 2.06. The molecule has 0 bridgehead atoms. The fraction of sp³-hybridized carbons (Fsp3) is 0.933. The van der Waals surface area contributed by atoms with Gasteiger partial charge in [0.15, 0.2) is 0 Å². The minimum atomic E-state index is -0.690. The largest absolute Gasteiger partial charge is 0.480 e. The minimum Gasteiger partial charge on any atom is -0.480 e. The fourth-order valence-corrected chi connectivity index (χ4v) is 3.79. The van der Waals surface area contributed by atoms with Crippen LogP contribution >= 0.6 is 0 Å². The van der Waals surface area contributed by atoms with Crippen molar-refractivity contribution < 1.29 is 9.90 Å².